The van der Waals surface area contributed by atoms with Gasteiger partial charge in [0.2, 0.25) is 0 Å². The van der Waals surface area contributed by atoms with E-state index in [1.54, 1.807) is 12.1 Å². The monoisotopic (exact) mass is 332 g/mol. The summed E-state index contributed by atoms with van der Waals surface area (Å²) in [4.78, 5) is 11.1. The number of rotatable bonds is 6. The first-order valence-corrected chi connectivity index (χ1v) is 8.25. The minimum atomic E-state index is -0.873. The predicted octanol–water partition coefficient (Wildman–Crippen LogP) is 4.20. The fourth-order valence-corrected chi connectivity index (χ4v) is 3.01. The van der Waals surface area contributed by atoms with Crippen LogP contribution in [0, 0.1) is 0 Å². The fourth-order valence-electron chi connectivity index (χ4n) is 3.01. The Bertz CT molecular complexity index is 792. The zero-order chi connectivity index (χ0) is 17.6. The van der Waals surface area contributed by atoms with E-state index in [2.05, 4.69) is 0 Å². The van der Waals surface area contributed by atoms with Gasteiger partial charge >= 0.3 is 5.97 Å². The van der Waals surface area contributed by atoms with Crippen molar-refractivity contribution < 1.29 is 15.0 Å². The second kappa shape index (κ2) is 7.67. The lowest BCUT2D eigenvalue weighted by molar-refractivity contribution is -0.136. The molecule has 0 radical (unpaired) electrons. The Morgan fingerprint density at radius 1 is 0.720 bits per heavy atom. The molecule has 0 saturated carbocycles. The van der Waals surface area contributed by atoms with Crippen molar-refractivity contribution in [3.63, 3.8) is 0 Å². The molecule has 0 aromatic heterocycles. The van der Waals surface area contributed by atoms with E-state index in [4.69, 9.17) is 5.11 Å². The van der Waals surface area contributed by atoms with Crippen LogP contribution in [0.5, 0.6) is 5.75 Å². The highest BCUT2D eigenvalue weighted by Crippen LogP contribution is 2.29. The van der Waals surface area contributed by atoms with E-state index < -0.39 is 5.97 Å². The number of hydrogen-bond acceptors (Lipinski definition) is 2. The number of hydrogen-bond donors (Lipinski definition) is 2. The Balaban J connectivity index is 1.98. The minimum absolute atomic E-state index is 0.0517. The molecule has 0 bridgehead atoms. The smallest absolute Gasteiger partial charge is 0.307 e. The molecule has 0 unspecified atom stereocenters. The van der Waals surface area contributed by atoms with Gasteiger partial charge in [0.25, 0.3) is 0 Å². The van der Waals surface area contributed by atoms with Gasteiger partial charge in [-0.2, -0.15) is 0 Å². The summed E-state index contributed by atoms with van der Waals surface area (Å²) < 4.78 is 0. The van der Waals surface area contributed by atoms with Crippen molar-refractivity contribution in [1.29, 1.82) is 0 Å². The second-order valence-electron chi connectivity index (χ2n) is 6.16. The number of benzene rings is 3. The van der Waals surface area contributed by atoms with Gasteiger partial charge in [-0.15, -0.1) is 0 Å². The van der Waals surface area contributed by atoms with E-state index in [0.717, 1.165) is 22.3 Å². The zero-order valence-corrected chi connectivity index (χ0v) is 13.9. The Morgan fingerprint density at radius 2 is 1.16 bits per heavy atom. The summed E-state index contributed by atoms with van der Waals surface area (Å²) in [5.74, 6) is -0.621. The van der Waals surface area contributed by atoms with Crippen LogP contribution in [-0.4, -0.2) is 16.2 Å². The standard InChI is InChI=1S/C22H20O3/c23-21(24)15-18-13-19(11-16-7-3-1-4-8-16)22(25)20(14-18)12-17-9-5-2-6-10-17/h1-10,13-14,25H,11-12,15H2,(H,23,24). The molecule has 2 N–H and O–H groups in total. The molecule has 3 nitrogen and oxygen atoms in total. The van der Waals surface area contributed by atoms with E-state index in [1.165, 1.54) is 0 Å². The van der Waals surface area contributed by atoms with Gasteiger partial charge in [-0.3, -0.25) is 4.79 Å². The second-order valence-corrected chi connectivity index (χ2v) is 6.16. The van der Waals surface area contributed by atoms with E-state index >= 15 is 0 Å². The third-order valence-electron chi connectivity index (χ3n) is 4.16. The van der Waals surface area contributed by atoms with E-state index in [0.29, 0.717) is 18.4 Å². The predicted molar refractivity (Wildman–Crippen MR) is 97.9 cm³/mol. The molecule has 3 aromatic rings. The molecule has 0 aliphatic carbocycles. The van der Waals surface area contributed by atoms with Gasteiger partial charge in [0.05, 0.1) is 6.42 Å². The SMILES string of the molecule is O=C(O)Cc1cc(Cc2ccccc2)c(O)c(Cc2ccccc2)c1. The molecule has 0 atom stereocenters. The lowest BCUT2D eigenvalue weighted by Gasteiger charge is -2.13. The number of aliphatic carboxylic acids is 1. The maximum absolute atomic E-state index is 11.1. The van der Waals surface area contributed by atoms with Gasteiger partial charge in [-0.05, 0) is 27.8 Å². The molecule has 0 heterocycles. The molecule has 126 valence electrons. The Labute approximate surface area is 147 Å². The van der Waals surface area contributed by atoms with Crippen LogP contribution in [0.1, 0.15) is 27.8 Å². The van der Waals surface area contributed by atoms with Crippen LogP contribution in [0.3, 0.4) is 0 Å². The third kappa shape index (κ3) is 4.48. The van der Waals surface area contributed by atoms with Crippen LogP contribution in [-0.2, 0) is 24.1 Å². The zero-order valence-electron chi connectivity index (χ0n) is 13.9. The number of phenolic OH excluding ortho intramolecular Hbond substituents is 1. The summed E-state index contributed by atoms with van der Waals surface area (Å²) in [6.07, 6.45) is 1.09. The summed E-state index contributed by atoms with van der Waals surface area (Å²) in [7, 11) is 0. The maximum Gasteiger partial charge on any atom is 0.307 e. The van der Waals surface area contributed by atoms with Crippen molar-refractivity contribution >= 4 is 5.97 Å². The highest BCUT2D eigenvalue weighted by molar-refractivity contribution is 5.70. The van der Waals surface area contributed by atoms with Crippen molar-refractivity contribution in [2.75, 3.05) is 0 Å². The first-order chi connectivity index (χ1) is 12.1. The number of phenols is 1. The van der Waals surface area contributed by atoms with Gasteiger partial charge in [-0.1, -0.05) is 72.8 Å². The van der Waals surface area contributed by atoms with Crippen LogP contribution < -0.4 is 0 Å². The largest absolute Gasteiger partial charge is 0.507 e. The van der Waals surface area contributed by atoms with Gasteiger partial charge in [0.1, 0.15) is 5.75 Å². The van der Waals surface area contributed by atoms with Crippen LogP contribution >= 0.6 is 0 Å². The van der Waals surface area contributed by atoms with Crippen LogP contribution in [0.25, 0.3) is 0 Å². The van der Waals surface area contributed by atoms with E-state index in [9.17, 15) is 9.90 Å². The molecule has 0 spiro atoms. The Morgan fingerprint density at radius 3 is 1.56 bits per heavy atom. The average Bonchev–Trinajstić information content (AvgIpc) is 2.60. The molecule has 0 aliphatic rings. The highest BCUT2D eigenvalue weighted by atomic mass is 16.4. The summed E-state index contributed by atoms with van der Waals surface area (Å²) >= 11 is 0. The van der Waals surface area contributed by atoms with Gasteiger partial charge in [-0.25, -0.2) is 0 Å². The lowest BCUT2D eigenvalue weighted by Crippen LogP contribution is -2.03. The molecule has 0 saturated heterocycles. The summed E-state index contributed by atoms with van der Waals surface area (Å²) in [5, 5.41) is 19.9. The number of carboxylic acids is 1. The first-order valence-electron chi connectivity index (χ1n) is 8.25. The summed E-state index contributed by atoms with van der Waals surface area (Å²) in [6, 6.07) is 23.3. The number of carboxylic acid groups (broad SMARTS) is 1. The molecule has 0 aliphatic heterocycles. The average molecular weight is 332 g/mol. The Hall–Kier alpha value is -3.07. The molecule has 0 amide bonds. The van der Waals surface area contributed by atoms with Crippen LogP contribution in [0.15, 0.2) is 72.8 Å². The molecule has 3 rings (SSSR count). The molecule has 0 fully saturated rings. The normalized spacial score (nSPS) is 10.6. The van der Waals surface area contributed by atoms with Gasteiger partial charge in [0.15, 0.2) is 0 Å². The lowest BCUT2D eigenvalue weighted by atomic mass is 9.94. The fraction of sp³-hybridized carbons (Fsp3) is 0.136. The highest BCUT2D eigenvalue weighted by Gasteiger charge is 2.13. The van der Waals surface area contributed by atoms with Gasteiger partial charge < -0.3 is 10.2 Å². The van der Waals surface area contributed by atoms with Crippen molar-refractivity contribution in [3.8, 4) is 5.75 Å². The van der Waals surface area contributed by atoms with E-state index in [1.807, 2.05) is 60.7 Å². The Kier molecular flexibility index (Phi) is 5.14. The number of aromatic hydroxyl groups is 1. The molecule has 3 aromatic carbocycles. The molecular formula is C22H20O3. The summed E-state index contributed by atoms with van der Waals surface area (Å²) in [6.45, 7) is 0. The molecular weight excluding hydrogens is 312 g/mol. The van der Waals surface area contributed by atoms with Crippen molar-refractivity contribution in [1.82, 2.24) is 0 Å². The van der Waals surface area contributed by atoms with Crippen LogP contribution in [0.2, 0.25) is 0 Å². The van der Waals surface area contributed by atoms with Gasteiger partial charge in [0, 0.05) is 12.8 Å². The third-order valence-corrected chi connectivity index (χ3v) is 4.16. The quantitative estimate of drug-likeness (QED) is 0.711. The van der Waals surface area contributed by atoms with Crippen molar-refractivity contribution in [2.45, 2.75) is 19.3 Å². The van der Waals surface area contributed by atoms with E-state index in [-0.39, 0.29) is 12.2 Å². The maximum atomic E-state index is 11.1. The number of carbonyl (C=O) groups is 1. The van der Waals surface area contributed by atoms with Crippen LogP contribution in [0.4, 0.5) is 0 Å². The topological polar surface area (TPSA) is 57.5 Å². The molecule has 3 heteroatoms. The van der Waals surface area contributed by atoms with Crippen molar-refractivity contribution in [3.05, 3.63) is 101 Å². The minimum Gasteiger partial charge on any atom is -0.507 e. The molecule has 25 heavy (non-hydrogen) atoms. The van der Waals surface area contributed by atoms with Crippen molar-refractivity contribution in [2.24, 2.45) is 0 Å². The first kappa shape index (κ1) is 16.8. The summed E-state index contributed by atoms with van der Waals surface area (Å²) in [5.41, 5.74) is 4.39.